The summed E-state index contributed by atoms with van der Waals surface area (Å²) in [5.74, 6) is 0. The molecule has 8 heteroatoms. The number of hydrogen-bond donors (Lipinski definition) is 2. The standard InChI is InChI=1S/C13H21N3O4S/c14-9-11-1-2-13(10-15-11)21(18,19)16-5-3-12(4-6-16)20-8-7-17/h1-2,10,12,17H,3-9,14H2. The summed E-state index contributed by atoms with van der Waals surface area (Å²) in [6, 6.07) is 3.17. The number of pyridine rings is 1. The van der Waals surface area contributed by atoms with Crippen LogP contribution in [0.15, 0.2) is 23.2 Å². The minimum absolute atomic E-state index is 0.0151. The molecule has 2 heterocycles. The van der Waals surface area contributed by atoms with Gasteiger partial charge < -0.3 is 15.6 Å². The molecule has 0 aliphatic carbocycles. The van der Waals surface area contributed by atoms with E-state index < -0.39 is 10.0 Å². The quantitative estimate of drug-likeness (QED) is 0.747. The number of hydrogen-bond acceptors (Lipinski definition) is 6. The number of rotatable bonds is 6. The highest BCUT2D eigenvalue weighted by Crippen LogP contribution is 2.21. The van der Waals surface area contributed by atoms with Gasteiger partial charge in [0.1, 0.15) is 4.90 Å². The van der Waals surface area contributed by atoms with Crippen molar-refractivity contribution in [1.82, 2.24) is 9.29 Å². The first-order valence-electron chi connectivity index (χ1n) is 6.95. The summed E-state index contributed by atoms with van der Waals surface area (Å²) in [6.07, 6.45) is 2.63. The zero-order valence-electron chi connectivity index (χ0n) is 11.8. The molecule has 21 heavy (non-hydrogen) atoms. The van der Waals surface area contributed by atoms with E-state index in [-0.39, 0.29) is 24.2 Å². The number of piperidine rings is 1. The summed E-state index contributed by atoms with van der Waals surface area (Å²) in [5, 5.41) is 8.72. The number of ether oxygens (including phenoxy) is 1. The summed E-state index contributed by atoms with van der Waals surface area (Å²) in [6.45, 7) is 1.39. The lowest BCUT2D eigenvalue weighted by Crippen LogP contribution is -2.41. The van der Waals surface area contributed by atoms with Crippen LogP contribution in [0.3, 0.4) is 0 Å². The van der Waals surface area contributed by atoms with E-state index in [0.717, 1.165) is 0 Å². The van der Waals surface area contributed by atoms with Crippen molar-refractivity contribution >= 4 is 10.0 Å². The van der Waals surface area contributed by atoms with Crippen LogP contribution in [-0.4, -0.2) is 55.2 Å². The van der Waals surface area contributed by atoms with Crippen molar-refractivity contribution in [3.8, 4) is 0 Å². The Kier molecular flexibility index (Phi) is 5.65. The van der Waals surface area contributed by atoms with Crippen LogP contribution in [-0.2, 0) is 21.3 Å². The second kappa shape index (κ2) is 7.28. The second-order valence-corrected chi connectivity index (χ2v) is 6.83. The third-order valence-electron chi connectivity index (χ3n) is 3.49. The fourth-order valence-corrected chi connectivity index (χ4v) is 3.71. The van der Waals surface area contributed by atoms with Crippen LogP contribution in [0.1, 0.15) is 18.5 Å². The van der Waals surface area contributed by atoms with E-state index in [2.05, 4.69) is 4.98 Å². The summed E-state index contributed by atoms with van der Waals surface area (Å²) in [5.41, 5.74) is 6.11. The highest BCUT2D eigenvalue weighted by Gasteiger charge is 2.29. The van der Waals surface area contributed by atoms with Crippen LogP contribution in [0.4, 0.5) is 0 Å². The summed E-state index contributed by atoms with van der Waals surface area (Å²) < 4.78 is 31.8. The summed E-state index contributed by atoms with van der Waals surface area (Å²) >= 11 is 0. The molecule has 0 bridgehead atoms. The van der Waals surface area contributed by atoms with Crippen molar-refractivity contribution in [3.63, 3.8) is 0 Å². The number of sulfonamides is 1. The lowest BCUT2D eigenvalue weighted by Gasteiger charge is -2.31. The lowest BCUT2D eigenvalue weighted by molar-refractivity contribution is 0.00318. The summed E-state index contributed by atoms with van der Waals surface area (Å²) in [4.78, 5) is 4.22. The van der Waals surface area contributed by atoms with Gasteiger partial charge >= 0.3 is 0 Å². The molecule has 1 aromatic rings. The van der Waals surface area contributed by atoms with Crippen LogP contribution in [0.2, 0.25) is 0 Å². The molecule has 1 fully saturated rings. The highest BCUT2D eigenvalue weighted by atomic mass is 32.2. The Morgan fingerprint density at radius 2 is 2.10 bits per heavy atom. The minimum Gasteiger partial charge on any atom is -0.394 e. The molecule has 1 aromatic heterocycles. The fourth-order valence-electron chi connectivity index (χ4n) is 2.29. The van der Waals surface area contributed by atoms with Crippen LogP contribution >= 0.6 is 0 Å². The largest absolute Gasteiger partial charge is 0.394 e. The van der Waals surface area contributed by atoms with Crippen molar-refractivity contribution in [2.75, 3.05) is 26.3 Å². The van der Waals surface area contributed by atoms with Crippen molar-refractivity contribution in [2.24, 2.45) is 5.73 Å². The maximum absolute atomic E-state index is 12.5. The molecule has 2 rings (SSSR count). The lowest BCUT2D eigenvalue weighted by atomic mass is 10.1. The van der Waals surface area contributed by atoms with Crippen molar-refractivity contribution in [3.05, 3.63) is 24.0 Å². The predicted molar refractivity (Wildman–Crippen MR) is 76.9 cm³/mol. The van der Waals surface area contributed by atoms with E-state index in [9.17, 15) is 8.42 Å². The molecule has 3 N–H and O–H groups in total. The van der Waals surface area contributed by atoms with Gasteiger partial charge in [-0.3, -0.25) is 4.98 Å². The van der Waals surface area contributed by atoms with E-state index in [4.69, 9.17) is 15.6 Å². The van der Waals surface area contributed by atoms with E-state index in [1.54, 1.807) is 12.1 Å². The Hall–Kier alpha value is -1.06. The van der Waals surface area contributed by atoms with Crippen LogP contribution in [0, 0.1) is 0 Å². The first kappa shape index (κ1) is 16.3. The molecule has 118 valence electrons. The van der Waals surface area contributed by atoms with Crippen molar-refractivity contribution < 1.29 is 18.3 Å². The average molecular weight is 315 g/mol. The topological polar surface area (TPSA) is 106 Å². The molecule has 0 spiro atoms. The van der Waals surface area contributed by atoms with Crippen LogP contribution in [0.5, 0.6) is 0 Å². The van der Waals surface area contributed by atoms with E-state index in [0.29, 0.717) is 38.2 Å². The molecule has 0 amide bonds. The third kappa shape index (κ3) is 3.98. The SMILES string of the molecule is NCc1ccc(S(=O)(=O)N2CCC(OCCO)CC2)cn1. The monoisotopic (exact) mass is 315 g/mol. The molecule has 0 saturated carbocycles. The normalized spacial score (nSPS) is 18.0. The molecule has 0 atom stereocenters. The zero-order chi connectivity index (χ0) is 15.3. The fraction of sp³-hybridized carbons (Fsp3) is 0.615. The van der Waals surface area contributed by atoms with Gasteiger partial charge in [0, 0.05) is 25.8 Å². The average Bonchev–Trinajstić information content (AvgIpc) is 2.53. The van der Waals surface area contributed by atoms with Gasteiger partial charge in [-0.1, -0.05) is 0 Å². The Morgan fingerprint density at radius 1 is 1.38 bits per heavy atom. The molecule has 0 unspecified atom stereocenters. The van der Waals surface area contributed by atoms with Crippen LogP contribution in [0.25, 0.3) is 0 Å². The zero-order valence-corrected chi connectivity index (χ0v) is 12.6. The maximum Gasteiger partial charge on any atom is 0.244 e. The Balaban J connectivity index is 2.00. The Bertz CT molecular complexity index is 539. The molecular weight excluding hydrogens is 294 g/mol. The number of aliphatic hydroxyl groups excluding tert-OH is 1. The van der Waals surface area contributed by atoms with E-state index in [1.165, 1.54) is 10.5 Å². The number of nitrogens with zero attached hydrogens (tertiary/aromatic N) is 2. The molecule has 0 aromatic carbocycles. The maximum atomic E-state index is 12.5. The van der Waals surface area contributed by atoms with Crippen molar-refractivity contribution in [2.45, 2.75) is 30.4 Å². The summed E-state index contributed by atoms with van der Waals surface area (Å²) in [7, 11) is -3.51. The van der Waals surface area contributed by atoms with Gasteiger partial charge in [0.05, 0.1) is 25.0 Å². The highest BCUT2D eigenvalue weighted by molar-refractivity contribution is 7.89. The molecule has 7 nitrogen and oxygen atoms in total. The predicted octanol–water partition coefficient (Wildman–Crippen LogP) is -0.298. The van der Waals surface area contributed by atoms with Crippen molar-refractivity contribution in [1.29, 1.82) is 0 Å². The first-order chi connectivity index (χ1) is 10.1. The third-order valence-corrected chi connectivity index (χ3v) is 5.37. The Morgan fingerprint density at radius 3 is 2.62 bits per heavy atom. The van der Waals surface area contributed by atoms with Gasteiger partial charge in [-0.25, -0.2) is 8.42 Å². The van der Waals surface area contributed by atoms with Gasteiger partial charge in [-0.05, 0) is 25.0 Å². The second-order valence-electron chi connectivity index (χ2n) is 4.89. The first-order valence-corrected chi connectivity index (χ1v) is 8.39. The van der Waals surface area contributed by atoms with Gasteiger partial charge in [-0.2, -0.15) is 4.31 Å². The molecule has 1 aliphatic heterocycles. The van der Waals surface area contributed by atoms with Gasteiger partial charge in [-0.15, -0.1) is 0 Å². The van der Waals surface area contributed by atoms with Gasteiger partial charge in [0.15, 0.2) is 0 Å². The molecular formula is C13H21N3O4S. The number of aliphatic hydroxyl groups is 1. The molecule has 0 radical (unpaired) electrons. The molecule has 1 aliphatic rings. The number of aromatic nitrogens is 1. The smallest absolute Gasteiger partial charge is 0.244 e. The number of nitrogens with two attached hydrogens (primary N) is 1. The van der Waals surface area contributed by atoms with Crippen LogP contribution < -0.4 is 5.73 Å². The van der Waals surface area contributed by atoms with Gasteiger partial charge in [0.2, 0.25) is 10.0 Å². The Labute approximate surface area is 124 Å². The van der Waals surface area contributed by atoms with E-state index >= 15 is 0 Å². The van der Waals surface area contributed by atoms with E-state index in [1.807, 2.05) is 0 Å². The molecule has 1 saturated heterocycles. The minimum atomic E-state index is -3.51. The van der Waals surface area contributed by atoms with Gasteiger partial charge in [0.25, 0.3) is 0 Å².